The summed E-state index contributed by atoms with van der Waals surface area (Å²) >= 11 is 0. The molecule has 0 heterocycles. The van der Waals surface area contributed by atoms with Crippen molar-refractivity contribution in [2.24, 2.45) is 0 Å². The van der Waals surface area contributed by atoms with Crippen LogP contribution in [0.25, 0.3) is 0 Å². The van der Waals surface area contributed by atoms with Crippen LogP contribution in [0.2, 0.25) is 0 Å². The smallest absolute Gasteiger partial charge is 0.0856 e. The van der Waals surface area contributed by atoms with Crippen LogP contribution in [0.5, 0.6) is 0 Å². The minimum absolute atomic E-state index is 1.06. The van der Waals surface area contributed by atoms with Crippen molar-refractivity contribution in [3.8, 4) is 0 Å². The monoisotopic (exact) mass is 467 g/mol. The first kappa shape index (κ1) is 25.9. The first-order valence-electron chi connectivity index (χ1n) is 12.5. The zero-order chi connectivity index (χ0) is 24.2. The second-order valence-electron chi connectivity index (χ2n) is 9.46. The van der Waals surface area contributed by atoms with Crippen molar-refractivity contribution in [1.29, 1.82) is 0 Å². The van der Waals surface area contributed by atoms with E-state index < -0.39 is 7.26 Å². The van der Waals surface area contributed by atoms with Crippen molar-refractivity contribution in [3.63, 3.8) is 0 Å². The highest BCUT2D eigenvalue weighted by molar-refractivity contribution is 7.95. The van der Waals surface area contributed by atoms with Crippen LogP contribution in [0, 0.1) is 0 Å². The third-order valence-corrected chi connectivity index (χ3v) is 10.7. The van der Waals surface area contributed by atoms with E-state index in [0.717, 1.165) is 25.4 Å². The van der Waals surface area contributed by atoms with Crippen molar-refractivity contribution in [1.82, 2.24) is 0 Å². The normalized spacial score (nSPS) is 12.5. The van der Waals surface area contributed by atoms with Crippen molar-refractivity contribution < 1.29 is 0 Å². The minimum atomic E-state index is -1.78. The zero-order valence-corrected chi connectivity index (χ0v) is 22.3. The van der Waals surface area contributed by atoms with E-state index >= 15 is 0 Å². The Morgan fingerprint density at radius 1 is 0.529 bits per heavy atom. The summed E-state index contributed by atoms with van der Waals surface area (Å²) in [6.45, 7) is 8.93. The zero-order valence-electron chi connectivity index (χ0n) is 21.4. The van der Waals surface area contributed by atoms with Gasteiger partial charge in [-0.3, -0.25) is 0 Å². The van der Waals surface area contributed by atoms with Gasteiger partial charge in [-0.25, -0.2) is 0 Å². The van der Waals surface area contributed by atoms with E-state index in [-0.39, 0.29) is 0 Å². The van der Waals surface area contributed by atoms with Gasteiger partial charge in [0.1, 0.15) is 23.2 Å². The van der Waals surface area contributed by atoms with E-state index in [1.165, 1.54) is 39.1 Å². The third-order valence-electron chi connectivity index (χ3n) is 6.43. The summed E-state index contributed by atoms with van der Waals surface area (Å²) in [4.78, 5) is 0. The van der Waals surface area contributed by atoms with Gasteiger partial charge in [0.2, 0.25) is 0 Å². The molecule has 0 aliphatic rings. The molecular formula is C33H40P+. The molecule has 0 aromatic heterocycles. The molecule has 0 spiro atoms. The molecule has 0 nitrogen and oxygen atoms in total. The predicted octanol–water partition coefficient (Wildman–Crippen LogP) is 8.40. The van der Waals surface area contributed by atoms with E-state index in [4.69, 9.17) is 0 Å². The largest absolute Gasteiger partial charge is 0.115 e. The van der Waals surface area contributed by atoms with Gasteiger partial charge in [-0.1, -0.05) is 83.5 Å². The second kappa shape index (κ2) is 13.3. The van der Waals surface area contributed by atoms with Gasteiger partial charge in [-0.05, 0) is 95.9 Å². The highest BCUT2D eigenvalue weighted by Crippen LogP contribution is 2.55. The molecule has 0 saturated heterocycles. The van der Waals surface area contributed by atoms with E-state index in [9.17, 15) is 0 Å². The molecule has 3 rings (SSSR count). The van der Waals surface area contributed by atoms with Gasteiger partial charge >= 0.3 is 0 Å². The van der Waals surface area contributed by atoms with E-state index in [1.54, 1.807) is 0 Å². The van der Waals surface area contributed by atoms with Crippen LogP contribution in [0.4, 0.5) is 0 Å². The second-order valence-corrected chi connectivity index (χ2v) is 13.0. The first-order chi connectivity index (χ1) is 16.5. The summed E-state index contributed by atoms with van der Waals surface area (Å²) in [7, 11) is -1.78. The lowest BCUT2D eigenvalue weighted by molar-refractivity contribution is 0.917. The number of hydrogen-bond acceptors (Lipinski definition) is 0. The molecule has 0 bridgehead atoms. The average molecular weight is 468 g/mol. The molecule has 1 heteroatoms. The number of rotatable bonds is 11. The van der Waals surface area contributed by atoms with E-state index in [1.807, 2.05) is 0 Å². The lowest BCUT2D eigenvalue weighted by atomic mass is 10.1. The van der Waals surface area contributed by atoms with Crippen LogP contribution >= 0.6 is 7.26 Å². The lowest BCUT2D eigenvalue weighted by Gasteiger charge is -2.27. The number of hydrogen-bond donors (Lipinski definition) is 0. The summed E-state index contributed by atoms with van der Waals surface area (Å²) in [6, 6.07) is 33.5. The maximum atomic E-state index is 2.52. The quantitative estimate of drug-likeness (QED) is 0.196. The van der Waals surface area contributed by atoms with Crippen molar-refractivity contribution >= 4 is 23.2 Å². The molecule has 34 heavy (non-hydrogen) atoms. The molecule has 0 aliphatic heterocycles. The molecule has 0 atom stereocenters. The fourth-order valence-electron chi connectivity index (χ4n) is 4.44. The van der Waals surface area contributed by atoms with Gasteiger partial charge in [0.05, 0.1) is 6.16 Å². The molecule has 3 aromatic rings. The van der Waals surface area contributed by atoms with Crippen molar-refractivity contribution in [3.05, 3.63) is 126 Å². The van der Waals surface area contributed by atoms with Crippen LogP contribution in [0.1, 0.15) is 53.4 Å². The summed E-state index contributed by atoms with van der Waals surface area (Å²) in [6.07, 6.45) is 12.9. The molecule has 3 aromatic carbocycles. The van der Waals surface area contributed by atoms with E-state index in [2.05, 4.69) is 137 Å². The number of allylic oxidation sites excluding steroid dienone is 6. The van der Waals surface area contributed by atoms with Crippen molar-refractivity contribution in [2.45, 2.75) is 53.4 Å². The molecule has 0 N–H and O–H groups in total. The Bertz CT molecular complexity index is 988. The van der Waals surface area contributed by atoms with Gasteiger partial charge in [0.25, 0.3) is 0 Å². The Balaban J connectivity index is 1.87. The van der Waals surface area contributed by atoms with Crippen LogP contribution in [0.3, 0.4) is 0 Å². The van der Waals surface area contributed by atoms with Gasteiger partial charge in [-0.15, -0.1) is 0 Å². The Hall–Kier alpha value is -2.69. The first-order valence-corrected chi connectivity index (χ1v) is 14.5. The summed E-state index contributed by atoms with van der Waals surface area (Å²) in [5, 5.41) is 4.35. The van der Waals surface area contributed by atoms with E-state index in [0.29, 0.717) is 0 Å². The van der Waals surface area contributed by atoms with Crippen molar-refractivity contribution in [2.75, 3.05) is 6.16 Å². The molecule has 0 radical (unpaired) electrons. The summed E-state index contributed by atoms with van der Waals surface area (Å²) in [5.41, 5.74) is 4.40. The van der Waals surface area contributed by atoms with Gasteiger partial charge in [0, 0.05) is 0 Å². The molecule has 0 saturated carbocycles. The lowest BCUT2D eigenvalue weighted by Crippen LogP contribution is -2.33. The summed E-state index contributed by atoms with van der Waals surface area (Å²) < 4.78 is 0. The Morgan fingerprint density at radius 2 is 0.912 bits per heavy atom. The minimum Gasteiger partial charge on any atom is -0.0856 e. The predicted molar refractivity (Wildman–Crippen MR) is 155 cm³/mol. The molecule has 0 unspecified atom stereocenters. The standard InChI is InChI=1S/C33H40P/c1-28(2)16-14-17-29(3)18-15-19-30(4)26-27-34(31-20-8-5-9-21-31,32-22-10-6-11-23-32)33-24-12-7-13-25-33/h5-13,16,18,20-26H,14-15,17,19,27H2,1-4H3/q+1/b29-18+,30-26?. The molecule has 176 valence electrons. The number of benzene rings is 3. The highest BCUT2D eigenvalue weighted by atomic mass is 31.2. The van der Waals surface area contributed by atoms with Crippen LogP contribution in [-0.4, -0.2) is 6.16 Å². The SMILES string of the molecule is CC(C)=CCC/C(C)=C/CCC(C)=CC[P+](c1ccccc1)(c1ccccc1)c1ccccc1. The Morgan fingerprint density at radius 3 is 1.32 bits per heavy atom. The van der Waals surface area contributed by atoms with Crippen LogP contribution < -0.4 is 15.9 Å². The maximum absolute atomic E-state index is 2.52. The maximum Gasteiger partial charge on any atom is 0.115 e. The molecule has 0 aliphatic carbocycles. The van der Waals surface area contributed by atoms with Gasteiger partial charge in [0.15, 0.2) is 0 Å². The average Bonchev–Trinajstić information content (AvgIpc) is 2.86. The summed E-state index contributed by atoms with van der Waals surface area (Å²) in [5.74, 6) is 0. The highest BCUT2D eigenvalue weighted by Gasteiger charge is 2.44. The topological polar surface area (TPSA) is 0 Å². The Labute approximate surface area is 208 Å². The van der Waals surface area contributed by atoms with Gasteiger partial charge < -0.3 is 0 Å². The third kappa shape index (κ3) is 7.15. The molecule has 0 amide bonds. The fraction of sp³-hybridized carbons (Fsp3) is 0.273. The Kier molecular flexibility index (Phi) is 10.1. The van der Waals surface area contributed by atoms with Crippen LogP contribution in [0.15, 0.2) is 126 Å². The van der Waals surface area contributed by atoms with Gasteiger partial charge in [-0.2, -0.15) is 0 Å². The van der Waals surface area contributed by atoms with Crippen LogP contribution in [-0.2, 0) is 0 Å². The fourth-order valence-corrected chi connectivity index (χ4v) is 8.60. The molecule has 0 fully saturated rings. The molecular weight excluding hydrogens is 427 g/mol.